The van der Waals surface area contributed by atoms with Crippen LogP contribution in [0.25, 0.3) is 10.9 Å². The Morgan fingerprint density at radius 2 is 2.03 bits per heavy atom. The van der Waals surface area contributed by atoms with E-state index >= 15 is 0 Å². The van der Waals surface area contributed by atoms with Crippen molar-refractivity contribution in [3.63, 3.8) is 0 Å². The summed E-state index contributed by atoms with van der Waals surface area (Å²) in [6.07, 6.45) is 5.27. The van der Waals surface area contributed by atoms with Gasteiger partial charge in [-0.1, -0.05) is 35.2 Å². The molecule has 12 heteroatoms. The van der Waals surface area contributed by atoms with Crippen molar-refractivity contribution < 1.29 is 23.9 Å². The van der Waals surface area contributed by atoms with Crippen molar-refractivity contribution in [2.45, 2.75) is 58.0 Å². The molecule has 1 aromatic heterocycles. The van der Waals surface area contributed by atoms with E-state index in [2.05, 4.69) is 25.8 Å². The van der Waals surface area contributed by atoms with Crippen molar-refractivity contribution >= 4 is 44.7 Å². The number of ether oxygens (including phenoxy) is 3. The van der Waals surface area contributed by atoms with Gasteiger partial charge >= 0.3 is 11.7 Å². The Labute approximate surface area is 233 Å². The number of methoxy groups -OCH3 is 1. The highest BCUT2D eigenvalue weighted by Gasteiger charge is 2.27. The number of aromatic nitrogens is 2. The second-order valence-corrected chi connectivity index (χ2v) is 10.1. The van der Waals surface area contributed by atoms with Crippen LogP contribution in [0.4, 0.5) is 5.69 Å². The minimum atomic E-state index is -1.10. The highest BCUT2D eigenvalue weighted by atomic mass is 79.9. The molecule has 1 saturated carbocycles. The normalized spacial score (nSPS) is 14.9. The van der Waals surface area contributed by atoms with Crippen LogP contribution in [0.15, 0.2) is 44.7 Å². The zero-order valence-electron chi connectivity index (χ0n) is 21.9. The van der Waals surface area contributed by atoms with Crippen molar-refractivity contribution in [3.05, 3.63) is 66.7 Å². The number of rotatable bonds is 9. The third-order valence-corrected chi connectivity index (χ3v) is 7.00. The summed E-state index contributed by atoms with van der Waals surface area (Å²) in [4.78, 5) is 41.6. The number of carbonyl (C=O) groups is 1. The maximum absolute atomic E-state index is 13.6. The van der Waals surface area contributed by atoms with E-state index in [-0.39, 0.29) is 29.6 Å². The van der Waals surface area contributed by atoms with Crippen LogP contribution in [0.5, 0.6) is 11.5 Å². The van der Waals surface area contributed by atoms with Crippen molar-refractivity contribution in [1.82, 2.24) is 9.66 Å². The highest BCUT2D eigenvalue weighted by molar-refractivity contribution is 9.10. The van der Waals surface area contributed by atoms with Gasteiger partial charge in [-0.15, -0.1) is 0 Å². The molecule has 0 bridgehead atoms. The summed E-state index contributed by atoms with van der Waals surface area (Å²) in [6.45, 7) is 3.33. The second kappa shape index (κ2) is 12.4. The Morgan fingerprint density at radius 1 is 1.28 bits per heavy atom. The third kappa shape index (κ3) is 6.27. The Balaban J connectivity index is 1.83. The topological polar surface area (TPSA) is 135 Å². The Kier molecular flexibility index (Phi) is 8.95. The standard InChI is InChI=1S/C27H29BrN4O7/c1-4-38-23-13-17(12-22(32(35)36)24(23)39-16(2)27(34)37-3)15-29-31-25(18-8-6-5-7-9-18)30-21-11-10-19(28)14-20(21)26(31)33/h10-16,18H,4-9H2,1-3H3/t16-/m1/s1. The molecule has 1 aliphatic carbocycles. The first kappa shape index (κ1) is 28.2. The monoisotopic (exact) mass is 600 g/mol. The van der Waals surface area contributed by atoms with Crippen LogP contribution >= 0.6 is 15.9 Å². The average molecular weight is 601 g/mol. The number of esters is 1. The van der Waals surface area contributed by atoms with Crippen LogP contribution < -0.4 is 15.0 Å². The van der Waals surface area contributed by atoms with Crippen LogP contribution in [0.1, 0.15) is 63.3 Å². The minimum absolute atomic E-state index is 0.0596. The van der Waals surface area contributed by atoms with Crippen molar-refractivity contribution in [2.24, 2.45) is 5.10 Å². The van der Waals surface area contributed by atoms with Crippen LogP contribution in [0.2, 0.25) is 0 Å². The predicted octanol–water partition coefficient (Wildman–Crippen LogP) is 5.34. The van der Waals surface area contributed by atoms with Gasteiger partial charge in [0.05, 0.1) is 35.8 Å². The largest absolute Gasteiger partial charge is 0.490 e. The number of benzene rings is 2. The Morgan fingerprint density at radius 3 is 2.69 bits per heavy atom. The number of nitro groups is 1. The lowest BCUT2D eigenvalue weighted by Gasteiger charge is -2.22. The third-order valence-electron chi connectivity index (χ3n) is 6.51. The molecular formula is C27H29BrN4O7. The molecule has 1 aliphatic rings. The molecule has 39 heavy (non-hydrogen) atoms. The first-order valence-electron chi connectivity index (χ1n) is 12.7. The van der Waals surface area contributed by atoms with E-state index < -0.39 is 22.7 Å². The smallest absolute Gasteiger partial charge is 0.346 e. The summed E-state index contributed by atoms with van der Waals surface area (Å²) in [5, 5.41) is 16.8. The molecule has 3 aromatic rings. The first-order valence-corrected chi connectivity index (χ1v) is 13.5. The summed E-state index contributed by atoms with van der Waals surface area (Å²) in [6, 6.07) is 8.10. The van der Waals surface area contributed by atoms with Gasteiger partial charge in [0.15, 0.2) is 11.9 Å². The molecule has 0 N–H and O–H groups in total. The Bertz CT molecular complexity index is 1480. The lowest BCUT2D eigenvalue weighted by Crippen LogP contribution is -2.25. The van der Waals surface area contributed by atoms with Crippen molar-refractivity contribution in [3.8, 4) is 11.5 Å². The fourth-order valence-electron chi connectivity index (χ4n) is 4.62. The van der Waals surface area contributed by atoms with Gasteiger partial charge in [0.2, 0.25) is 5.75 Å². The van der Waals surface area contributed by atoms with Gasteiger partial charge in [-0.05, 0) is 51.0 Å². The van der Waals surface area contributed by atoms with Crippen LogP contribution in [0.3, 0.4) is 0 Å². The fraction of sp³-hybridized carbons (Fsp3) is 0.407. The van der Waals surface area contributed by atoms with Gasteiger partial charge in [0.25, 0.3) is 5.56 Å². The van der Waals surface area contributed by atoms with Gasteiger partial charge < -0.3 is 14.2 Å². The molecule has 0 saturated heterocycles. The molecule has 1 heterocycles. The van der Waals surface area contributed by atoms with Gasteiger partial charge in [0, 0.05) is 22.0 Å². The molecule has 2 aromatic carbocycles. The lowest BCUT2D eigenvalue weighted by atomic mass is 9.88. The van der Waals surface area contributed by atoms with E-state index in [1.54, 1.807) is 19.1 Å². The fourth-order valence-corrected chi connectivity index (χ4v) is 4.98. The molecular weight excluding hydrogens is 572 g/mol. The number of nitro benzene ring substituents is 1. The maximum Gasteiger partial charge on any atom is 0.346 e. The van der Waals surface area contributed by atoms with E-state index in [4.69, 9.17) is 14.5 Å². The quantitative estimate of drug-likeness (QED) is 0.139. The highest BCUT2D eigenvalue weighted by Crippen LogP contribution is 2.39. The first-order chi connectivity index (χ1) is 18.7. The molecule has 0 aliphatic heterocycles. The number of hydrogen-bond acceptors (Lipinski definition) is 9. The van der Waals surface area contributed by atoms with E-state index in [0.29, 0.717) is 22.3 Å². The van der Waals surface area contributed by atoms with Crippen LogP contribution in [-0.2, 0) is 9.53 Å². The molecule has 1 fully saturated rings. The molecule has 4 rings (SSSR count). The number of nitrogens with zero attached hydrogens (tertiary/aromatic N) is 4. The predicted molar refractivity (Wildman–Crippen MR) is 149 cm³/mol. The molecule has 0 radical (unpaired) electrons. The maximum atomic E-state index is 13.6. The summed E-state index contributed by atoms with van der Waals surface area (Å²) in [7, 11) is 1.20. The zero-order valence-corrected chi connectivity index (χ0v) is 23.5. The molecule has 1 atom stereocenters. The van der Waals surface area contributed by atoms with E-state index in [9.17, 15) is 19.7 Å². The zero-order chi connectivity index (χ0) is 28.1. The SMILES string of the molecule is CCOc1cc(C=Nn2c(C3CCCCC3)nc3ccc(Br)cc3c2=O)cc([N+](=O)[O-])c1O[C@H](C)C(=O)OC. The lowest BCUT2D eigenvalue weighted by molar-refractivity contribution is -0.386. The molecule has 206 valence electrons. The van der Waals surface area contributed by atoms with Crippen LogP contribution in [0, 0.1) is 10.1 Å². The summed E-state index contributed by atoms with van der Waals surface area (Å²) < 4.78 is 17.9. The van der Waals surface area contributed by atoms with E-state index in [0.717, 1.165) is 36.6 Å². The number of fused-ring (bicyclic) bond motifs is 1. The summed E-state index contributed by atoms with van der Waals surface area (Å²) >= 11 is 3.41. The van der Waals surface area contributed by atoms with Crippen molar-refractivity contribution in [2.75, 3.05) is 13.7 Å². The molecule has 0 unspecified atom stereocenters. The van der Waals surface area contributed by atoms with E-state index in [1.807, 2.05) is 6.07 Å². The van der Waals surface area contributed by atoms with E-state index in [1.165, 1.54) is 37.1 Å². The number of halogens is 1. The van der Waals surface area contributed by atoms with Crippen LogP contribution in [-0.4, -0.2) is 46.6 Å². The molecule has 0 spiro atoms. The number of carbonyl (C=O) groups excluding carboxylic acids is 1. The van der Waals surface area contributed by atoms with Crippen molar-refractivity contribution in [1.29, 1.82) is 0 Å². The second-order valence-electron chi connectivity index (χ2n) is 9.17. The van der Waals surface area contributed by atoms with Gasteiger partial charge in [0.1, 0.15) is 5.82 Å². The summed E-state index contributed by atoms with van der Waals surface area (Å²) in [5.41, 5.74) is 0.146. The Hall–Kier alpha value is -3.80. The minimum Gasteiger partial charge on any atom is -0.490 e. The molecule has 11 nitrogen and oxygen atoms in total. The average Bonchev–Trinajstić information content (AvgIpc) is 2.93. The molecule has 0 amide bonds. The van der Waals surface area contributed by atoms with Gasteiger partial charge in [-0.3, -0.25) is 14.9 Å². The summed E-state index contributed by atoms with van der Waals surface area (Å²) in [5.74, 6) is -0.196. The number of hydrogen-bond donors (Lipinski definition) is 0. The van der Waals surface area contributed by atoms with Gasteiger partial charge in [-0.25, -0.2) is 9.78 Å². The van der Waals surface area contributed by atoms with Gasteiger partial charge in [-0.2, -0.15) is 9.78 Å².